The second-order valence-corrected chi connectivity index (χ2v) is 14.0. The first-order valence-corrected chi connectivity index (χ1v) is 18.7. The molecule has 0 fully saturated rings. The largest absolute Gasteiger partial charge is 2.00 e. The number of nitrogens with zero attached hydrogens (tertiary/aromatic N) is 2. The molecule has 13 nitrogen and oxygen atoms in total. The summed E-state index contributed by atoms with van der Waals surface area (Å²) in [6, 6.07) is 33.0. The number of nitrogens with one attached hydrogen (secondary N) is 2. The zero-order valence-electron chi connectivity index (χ0n) is 32.4. The predicted octanol–water partition coefficient (Wildman–Crippen LogP) is 7.41. The molecule has 14 heteroatoms. The molecular weight excluding hydrogens is 890 g/mol. The van der Waals surface area contributed by atoms with Crippen molar-refractivity contribution in [1.29, 1.82) is 0 Å². The van der Waals surface area contributed by atoms with Crippen molar-refractivity contribution in [1.82, 2.24) is 19.9 Å². The maximum absolute atomic E-state index is 11.8. The molecule has 0 unspecified atom stereocenters. The first-order valence-electron chi connectivity index (χ1n) is 18.7. The van der Waals surface area contributed by atoms with Gasteiger partial charge in [-0.05, 0) is 106 Å². The molecule has 0 spiro atoms. The summed E-state index contributed by atoms with van der Waals surface area (Å²) in [5.74, 6) is -4.78. The van der Waals surface area contributed by atoms with E-state index in [9.17, 15) is 39.6 Å². The van der Waals surface area contributed by atoms with Gasteiger partial charge in [-0.1, -0.05) is 72.8 Å². The standard InChI is InChI=1S/C48H30N4O8.CO.Ru/c53-45(54)29-9-1-25(2-10-29)41-33-17-19-35(49-33)42(26-3-11-30(12-4-26)46(55)56)37-21-23-39(51-37)44(28-7-15-32(16-8-28)48(59)60)40-24-22-38(52-40)43(36-20-18-34(41)50-36)27-5-13-31(14-6-27)47(57)58;1-2;/h1-24,49-50H,(H,53,54)(H,55,56)(H,57,58)(H,59,60);;/q;;+2/p-2. The van der Waals surface area contributed by atoms with Gasteiger partial charge in [-0.25, -0.2) is 19.6 Å². The van der Waals surface area contributed by atoms with Crippen molar-refractivity contribution < 1.29 is 63.7 Å². The predicted molar refractivity (Wildman–Crippen MR) is 227 cm³/mol. The van der Waals surface area contributed by atoms with E-state index in [-0.39, 0.29) is 41.7 Å². The maximum Gasteiger partial charge on any atom is 2.00 e. The van der Waals surface area contributed by atoms with Crippen molar-refractivity contribution >= 4 is 70.2 Å². The van der Waals surface area contributed by atoms with Gasteiger partial charge in [0.2, 0.25) is 0 Å². The van der Waals surface area contributed by atoms with Crippen LogP contribution in [0.3, 0.4) is 0 Å². The first kappa shape index (κ1) is 42.8. The van der Waals surface area contributed by atoms with Gasteiger partial charge in [-0.15, -0.1) is 0 Å². The van der Waals surface area contributed by atoms with Gasteiger partial charge in [0.25, 0.3) is 0 Å². The maximum atomic E-state index is 11.8. The average Bonchev–Trinajstić information content (AvgIpc) is 4.13. The van der Waals surface area contributed by atoms with Gasteiger partial charge >= 0.3 is 42.7 Å². The third-order valence-electron chi connectivity index (χ3n) is 10.4. The van der Waals surface area contributed by atoms with Gasteiger partial charge < -0.3 is 40.0 Å². The number of carbonyl (C=O) groups excluding carboxylic acids is 2. The van der Waals surface area contributed by atoms with Crippen LogP contribution in [0, 0.1) is 6.65 Å². The summed E-state index contributed by atoms with van der Waals surface area (Å²) < 4.78 is 7.50. The topological polar surface area (TPSA) is 232 Å². The van der Waals surface area contributed by atoms with Crippen molar-refractivity contribution in [3.63, 3.8) is 0 Å². The Hall–Kier alpha value is -8.28. The number of aromatic carboxylic acids is 4. The first-order chi connectivity index (χ1) is 30.0. The molecule has 9 rings (SSSR count). The molecule has 5 heterocycles. The molecule has 0 amide bonds. The summed E-state index contributed by atoms with van der Waals surface area (Å²) in [6.45, 7) is 4.50. The number of rotatable bonds is 8. The molecule has 2 aliphatic rings. The summed E-state index contributed by atoms with van der Waals surface area (Å²) in [6.07, 6.45) is 7.34. The third kappa shape index (κ3) is 8.28. The monoisotopic (exact) mass is 918 g/mol. The van der Waals surface area contributed by atoms with Gasteiger partial charge in [-0.2, -0.15) is 0 Å². The van der Waals surface area contributed by atoms with Gasteiger partial charge in [0.05, 0.1) is 45.8 Å². The molecular formula is C49H28N4O9Ru. The number of fused-ring (bicyclic) bond motifs is 8. The van der Waals surface area contributed by atoms with Crippen LogP contribution in [0.5, 0.6) is 0 Å². The van der Waals surface area contributed by atoms with Crippen LogP contribution in [0.15, 0.2) is 121 Å². The number of H-pyrrole nitrogens is 2. The quantitative estimate of drug-likeness (QED) is 0.0670. The Labute approximate surface area is 369 Å². The van der Waals surface area contributed by atoms with E-state index in [1.54, 1.807) is 48.5 Å². The number of carboxylic acid groups (broad SMARTS) is 4. The number of hydrogen-bond acceptors (Lipinski definition) is 8. The van der Waals surface area contributed by atoms with Gasteiger partial charge in [0, 0.05) is 44.3 Å². The Kier molecular flexibility index (Phi) is 12.1. The van der Waals surface area contributed by atoms with Crippen molar-refractivity contribution in [3.8, 4) is 44.5 Å². The van der Waals surface area contributed by atoms with Crippen LogP contribution in [-0.4, -0.2) is 54.0 Å². The summed E-state index contributed by atoms with van der Waals surface area (Å²) in [5.41, 5.74) is 10.1. The minimum Gasteiger partial charge on any atom is 2.00 e. The molecule has 0 saturated heterocycles. The van der Waals surface area contributed by atoms with Crippen LogP contribution < -0.4 is 10.2 Å². The fourth-order valence-corrected chi connectivity index (χ4v) is 7.53. The van der Waals surface area contributed by atoms with Crippen LogP contribution in [0.2, 0.25) is 0 Å². The van der Waals surface area contributed by atoms with Crippen LogP contribution in [0.25, 0.3) is 90.9 Å². The summed E-state index contributed by atoms with van der Waals surface area (Å²) in [4.78, 5) is 64.5. The zero-order valence-corrected chi connectivity index (χ0v) is 34.1. The Morgan fingerprint density at radius 1 is 0.413 bits per heavy atom. The fourth-order valence-electron chi connectivity index (χ4n) is 7.53. The van der Waals surface area contributed by atoms with E-state index in [0.29, 0.717) is 89.4 Å². The Morgan fingerprint density at radius 2 is 0.667 bits per heavy atom. The third-order valence-corrected chi connectivity index (χ3v) is 10.4. The van der Waals surface area contributed by atoms with Crippen molar-refractivity contribution in [3.05, 3.63) is 173 Å². The molecule has 7 aromatic rings. The van der Waals surface area contributed by atoms with E-state index in [1.165, 1.54) is 48.5 Å². The van der Waals surface area contributed by atoms with Gasteiger partial charge in [0.1, 0.15) is 0 Å². The van der Waals surface area contributed by atoms with E-state index in [1.807, 2.05) is 48.6 Å². The summed E-state index contributed by atoms with van der Waals surface area (Å²) >= 11 is 0. The van der Waals surface area contributed by atoms with Crippen LogP contribution in [0.1, 0.15) is 64.2 Å². The number of carboxylic acids is 4. The van der Waals surface area contributed by atoms with Crippen molar-refractivity contribution in [2.45, 2.75) is 0 Å². The SMILES string of the molecule is O=C([O-])c1ccc(-c2c3nc(c(-c4ccc(C(=O)[O-])cc4)c4ccc([nH]4)c(-c4ccc(C(=O)O)cc4)c4ccc([nH]4)c(-c4ccc(C(=O)O)cc4)c4nc2C=C4)C=C3)cc1.[C-]#[O+].[Ru+2]. The Balaban J connectivity index is 0.00000196. The van der Waals surface area contributed by atoms with E-state index in [4.69, 9.17) is 14.6 Å². The second kappa shape index (κ2) is 17.8. The van der Waals surface area contributed by atoms with Gasteiger partial charge in [-0.3, -0.25) is 0 Å². The smallest absolute Gasteiger partial charge is 2.00 e. The molecule has 4 aromatic carbocycles. The number of benzene rings is 4. The number of carbonyl (C=O) groups is 4. The van der Waals surface area contributed by atoms with Crippen molar-refractivity contribution in [2.75, 3.05) is 0 Å². The van der Waals surface area contributed by atoms with E-state index >= 15 is 0 Å². The summed E-state index contributed by atoms with van der Waals surface area (Å²) in [7, 11) is 0. The molecule has 306 valence electrons. The number of aromatic amines is 2. The normalized spacial score (nSPS) is 11.2. The molecule has 63 heavy (non-hydrogen) atoms. The van der Waals surface area contributed by atoms with E-state index in [2.05, 4.69) is 16.6 Å². The molecule has 2 aliphatic heterocycles. The fraction of sp³-hybridized carbons (Fsp3) is 0. The summed E-state index contributed by atoms with van der Waals surface area (Å²) in [5, 5.41) is 42.8. The van der Waals surface area contributed by atoms with E-state index in [0.717, 1.165) is 0 Å². The van der Waals surface area contributed by atoms with Crippen LogP contribution >= 0.6 is 0 Å². The van der Waals surface area contributed by atoms with Gasteiger partial charge in [0.15, 0.2) is 0 Å². The Morgan fingerprint density at radius 3 is 0.968 bits per heavy atom. The minimum atomic E-state index is -1.32. The molecule has 8 bridgehead atoms. The minimum absolute atomic E-state index is 0. The van der Waals surface area contributed by atoms with Crippen LogP contribution in [-0.2, 0) is 24.1 Å². The average molecular weight is 918 g/mol. The molecule has 0 atom stereocenters. The number of aromatic nitrogens is 4. The molecule has 0 aliphatic carbocycles. The van der Waals surface area contributed by atoms with Crippen molar-refractivity contribution in [2.24, 2.45) is 0 Å². The van der Waals surface area contributed by atoms with E-state index < -0.39 is 23.9 Å². The number of hydrogen-bond donors (Lipinski definition) is 4. The van der Waals surface area contributed by atoms with Crippen LogP contribution in [0.4, 0.5) is 0 Å². The second-order valence-electron chi connectivity index (χ2n) is 14.0. The zero-order chi connectivity index (χ0) is 43.7. The molecule has 0 saturated carbocycles. The Bertz CT molecular complexity index is 3080. The molecule has 3 aromatic heterocycles. The molecule has 4 N–H and O–H groups in total. The molecule has 0 radical (unpaired) electrons.